The van der Waals surface area contributed by atoms with Crippen LogP contribution in [0, 0.1) is 0 Å². The van der Waals surface area contributed by atoms with Crippen molar-refractivity contribution in [2.24, 2.45) is 0 Å². The lowest BCUT2D eigenvalue weighted by Crippen LogP contribution is -2.02. The van der Waals surface area contributed by atoms with E-state index >= 15 is 0 Å². The first-order valence-electron chi connectivity index (χ1n) is 3.97. The van der Waals surface area contributed by atoms with Crippen molar-refractivity contribution >= 4 is 23.6 Å². The number of halogens is 1. The molecule has 0 aliphatic carbocycles. The molecule has 0 radical (unpaired) electrons. The van der Waals surface area contributed by atoms with Crippen LogP contribution in [0.1, 0.15) is 12.5 Å². The number of carbonyl (C=O) groups excluding carboxylic acids is 1. The number of esters is 1. The summed E-state index contributed by atoms with van der Waals surface area (Å²) in [6.45, 7) is 4.79. The Hall–Kier alpha value is -1.50. The van der Waals surface area contributed by atoms with Crippen molar-refractivity contribution in [1.82, 2.24) is 0 Å². The molecule has 0 heterocycles. The van der Waals surface area contributed by atoms with E-state index in [4.69, 9.17) is 16.3 Å². The molecule has 2 nitrogen and oxygen atoms in total. The SMILES string of the molecule is C=C=Cc1cc(Cl)ccc1OC(C)=O. The third-order valence-electron chi connectivity index (χ3n) is 1.48. The van der Waals surface area contributed by atoms with Crippen LogP contribution in [0.15, 0.2) is 30.5 Å². The molecule has 0 amide bonds. The van der Waals surface area contributed by atoms with Crippen LogP contribution < -0.4 is 4.74 Å². The van der Waals surface area contributed by atoms with E-state index in [-0.39, 0.29) is 5.97 Å². The van der Waals surface area contributed by atoms with E-state index in [2.05, 4.69) is 12.3 Å². The van der Waals surface area contributed by atoms with Gasteiger partial charge in [-0.2, -0.15) is 0 Å². The van der Waals surface area contributed by atoms with Crippen molar-refractivity contribution in [3.05, 3.63) is 41.1 Å². The second-order valence-corrected chi connectivity index (χ2v) is 3.06. The van der Waals surface area contributed by atoms with Gasteiger partial charge in [-0.15, -0.1) is 5.73 Å². The van der Waals surface area contributed by atoms with Gasteiger partial charge in [0, 0.05) is 17.5 Å². The number of rotatable bonds is 2. The van der Waals surface area contributed by atoms with Crippen LogP contribution in [0.5, 0.6) is 5.75 Å². The molecule has 0 aliphatic rings. The fourth-order valence-corrected chi connectivity index (χ4v) is 1.17. The predicted molar refractivity (Wildman–Crippen MR) is 56.4 cm³/mol. The molecule has 0 unspecified atom stereocenters. The summed E-state index contributed by atoms with van der Waals surface area (Å²) in [5.74, 6) is 0.0871. The summed E-state index contributed by atoms with van der Waals surface area (Å²) >= 11 is 5.78. The van der Waals surface area contributed by atoms with Crippen molar-refractivity contribution in [3.63, 3.8) is 0 Å². The van der Waals surface area contributed by atoms with E-state index in [1.165, 1.54) is 6.92 Å². The number of hydrogen-bond donors (Lipinski definition) is 0. The fourth-order valence-electron chi connectivity index (χ4n) is 0.990. The molecule has 1 rings (SSSR count). The molecular formula is C11H9ClO2. The van der Waals surface area contributed by atoms with Crippen LogP contribution in [-0.2, 0) is 4.79 Å². The maximum Gasteiger partial charge on any atom is 0.308 e. The summed E-state index contributed by atoms with van der Waals surface area (Å²) in [6.07, 6.45) is 1.60. The summed E-state index contributed by atoms with van der Waals surface area (Å²) < 4.78 is 4.96. The zero-order valence-electron chi connectivity index (χ0n) is 7.71. The molecule has 14 heavy (non-hydrogen) atoms. The van der Waals surface area contributed by atoms with Crippen LogP contribution in [0.4, 0.5) is 0 Å². The van der Waals surface area contributed by atoms with E-state index < -0.39 is 0 Å². The minimum atomic E-state index is -0.369. The third kappa shape index (κ3) is 2.77. The maximum absolute atomic E-state index is 10.7. The second-order valence-electron chi connectivity index (χ2n) is 2.62. The van der Waals surface area contributed by atoms with E-state index in [0.717, 1.165) is 0 Å². The molecule has 72 valence electrons. The Balaban J connectivity index is 3.14. The van der Waals surface area contributed by atoms with Gasteiger partial charge in [0.1, 0.15) is 5.75 Å². The van der Waals surface area contributed by atoms with Crippen molar-refractivity contribution in [1.29, 1.82) is 0 Å². The monoisotopic (exact) mass is 208 g/mol. The Labute approximate surface area is 87.5 Å². The van der Waals surface area contributed by atoms with Gasteiger partial charge in [-0.1, -0.05) is 18.2 Å². The lowest BCUT2D eigenvalue weighted by molar-refractivity contribution is -0.131. The number of benzene rings is 1. The van der Waals surface area contributed by atoms with Gasteiger partial charge in [0.2, 0.25) is 0 Å². The molecule has 0 aromatic heterocycles. The lowest BCUT2D eigenvalue weighted by Gasteiger charge is -2.04. The van der Waals surface area contributed by atoms with Crippen molar-refractivity contribution in [2.75, 3.05) is 0 Å². The van der Waals surface area contributed by atoms with Gasteiger partial charge in [0.15, 0.2) is 0 Å². The Bertz CT molecular complexity index is 404. The normalized spacial score (nSPS) is 9.00. The Morgan fingerprint density at radius 2 is 2.36 bits per heavy atom. The molecule has 0 aliphatic heterocycles. The van der Waals surface area contributed by atoms with Crippen molar-refractivity contribution in [3.8, 4) is 5.75 Å². The third-order valence-corrected chi connectivity index (χ3v) is 1.72. The molecule has 1 aromatic rings. The highest BCUT2D eigenvalue weighted by Crippen LogP contribution is 2.23. The summed E-state index contributed by atoms with van der Waals surface area (Å²) in [4.78, 5) is 10.7. The zero-order chi connectivity index (χ0) is 10.6. The molecule has 0 bridgehead atoms. The van der Waals surface area contributed by atoms with Crippen LogP contribution in [0.3, 0.4) is 0 Å². The average Bonchev–Trinajstić information content (AvgIpc) is 2.09. The minimum absolute atomic E-state index is 0.369. The molecule has 0 saturated heterocycles. The zero-order valence-corrected chi connectivity index (χ0v) is 8.47. The molecule has 3 heteroatoms. The Morgan fingerprint density at radius 3 is 2.93 bits per heavy atom. The smallest absolute Gasteiger partial charge is 0.308 e. The summed E-state index contributed by atoms with van der Waals surface area (Å²) in [5.41, 5.74) is 3.28. The minimum Gasteiger partial charge on any atom is -0.426 e. The highest BCUT2D eigenvalue weighted by atomic mass is 35.5. The van der Waals surface area contributed by atoms with Gasteiger partial charge in [0.25, 0.3) is 0 Å². The molecule has 0 saturated carbocycles. The summed E-state index contributed by atoms with van der Waals surface area (Å²) in [7, 11) is 0. The summed E-state index contributed by atoms with van der Waals surface area (Å²) in [6, 6.07) is 4.96. The highest BCUT2D eigenvalue weighted by Gasteiger charge is 2.03. The van der Waals surface area contributed by atoms with Crippen LogP contribution in [0.2, 0.25) is 5.02 Å². The van der Waals surface area contributed by atoms with Crippen molar-refractivity contribution < 1.29 is 9.53 Å². The van der Waals surface area contributed by atoms with E-state index in [9.17, 15) is 4.79 Å². The quantitative estimate of drug-likeness (QED) is 0.424. The number of ether oxygens (including phenoxy) is 1. The first-order valence-corrected chi connectivity index (χ1v) is 4.35. The van der Waals surface area contributed by atoms with E-state index in [0.29, 0.717) is 16.3 Å². The standard InChI is InChI=1S/C11H9ClO2/c1-3-4-9-7-10(12)5-6-11(9)14-8(2)13/h4-7H,1H2,2H3. The fraction of sp³-hybridized carbons (Fsp3) is 0.0909. The van der Waals surface area contributed by atoms with Gasteiger partial charge in [0.05, 0.1) is 0 Å². The molecular weight excluding hydrogens is 200 g/mol. The molecule has 0 fully saturated rings. The van der Waals surface area contributed by atoms with Gasteiger partial charge < -0.3 is 4.74 Å². The predicted octanol–water partition coefficient (Wildman–Crippen LogP) is 3.06. The van der Waals surface area contributed by atoms with Gasteiger partial charge in [-0.05, 0) is 24.3 Å². The second kappa shape index (κ2) is 4.66. The van der Waals surface area contributed by atoms with Gasteiger partial charge in [-0.25, -0.2) is 0 Å². The average molecular weight is 209 g/mol. The van der Waals surface area contributed by atoms with E-state index in [1.54, 1.807) is 24.3 Å². The molecule has 0 N–H and O–H groups in total. The van der Waals surface area contributed by atoms with Crippen LogP contribution in [-0.4, -0.2) is 5.97 Å². The molecule has 0 spiro atoms. The highest BCUT2D eigenvalue weighted by molar-refractivity contribution is 6.30. The number of hydrogen-bond acceptors (Lipinski definition) is 2. The van der Waals surface area contributed by atoms with Gasteiger partial charge in [-0.3, -0.25) is 4.79 Å². The Morgan fingerprint density at radius 1 is 1.64 bits per heavy atom. The van der Waals surface area contributed by atoms with E-state index in [1.807, 2.05) is 0 Å². The molecule has 0 atom stereocenters. The number of carbonyl (C=O) groups is 1. The van der Waals surface area contributed by atoms with Crippen LogP contribution >= 0.6 is 11.6 Å². The maximum atomic E-state index is 10.7. The van der Waals surface area contributed by atoms with Crippen molar-refractivity contribution in [2.45, 2.75) is 6.92 Å². The summed E-state index contributed by atoms with van der Waals surface area (Å²) in [5, 5.41) is 0.572. The van der Waals surface area contributed by atoms with Crippen LogP contribution in [0.25, 0.3) is 6.08 Å². The van der Waals surface area contributed by atoms with Gasteiger partial charge >= 0.3 is 5.97 Å². The topological polar surface area (TPSA) is 26.3 Å². The largest absolute Gasteiger partial charge is 0.426 e. The first kappa shape index (κ1) is 10.6. The molecule has 1 aromatic carbocycles. The lowest BCUT2D eigenvalue weighted by atomic mass is 10.2. The first-order chi connectivity index (χ1) is 6.63. The Kier molecular flexibility index (Phi) is 3.52.